The van der Waals surface area contributed by atoms with Gasteiger partial charge >= 0.3 is 5.97 Å². The van der Waals surface area contributed by atoms with Crippen LogP contribution < -0.4 is 5.32 Å². The number of nitrogens with zero attached hydrogens (tertiary/aromatic N) is 1. The zero-order valence-electron chi connectivity index (χ0n) is 13.7. The molecule has 0 aliphatic carbocycles. The van der Waals surface area contributed by atoms with E-state index in [0.717, 1.165) is 0 Å². The van der Waals surface area contributed by atoms with Gasteiger partial charge < -0.3 is 19.9 Å². The molecule has 2 atom stereocenters. The number of carbonyl (C=O) groups excluding carboxylic acids is 3. The second kappa shape index (κ2) is 8.62. The monoisotopic (exact) mass is 333 g/mol. The highest BCUT2D eigenvalue weighted by molar-refractivity contribution is 6.06. The second-order valence-corrected chi connectivity index (χ2v) is 5.49. The Morgan fingerprint density at radius 1 is 1.42 bits per heavy atom. The first-order chi connectivity index (χ1) is 11.3. The molecule has 1 aromatic heterocycles. The Hall–Kier alpha value is -2.95. The highest BCUT2D eigenvalue weighted by Gasteiger charge is 2.29. The highest BCUT2D eigenvalue weighted by Crippen LogP contribution is 2.08. The van der Waals surface area contributed by atoms with Gasteiger partial charge in [0.15, 0.2) is 18.2 Å². The van der Waals surface area contributed by atoms with Crippen LogP contribution in [0.4, 0.5) is 0 Å². The molecule has 0 aliphatic rings. The summed E-state index contributed by atoms with van der Waals surface area (Å²) in [5, 5.41) is 18.7. The van der Waals surface area contributed by atoms with Crippen molar-refractivity contribution in [2.75, 3.05) is 6.61 Å². The molecule has 0 aromatic carbocycles. The van der Waals surface area contributed by atoms with Crippen LogP contribution in [0.25, 0.3) is 0 Å². The number of nitriles is 1. The third kappa shape index (κ3) is 5.05. The average molecular weight is 333 g/mol. The van der Waals surface area contributed by atoms with Gasteiger partial charge in [-0.25, -0.2) is 4.79 Å². The largest absolute Gasteiger partial charge is 0.459 e. The molecule has 0 bridgehead atoms. The normalized spacial score (nSPS) is 12.8. The predicted molar refractivity (Wildman–Crippen MR) is 83.3 cm³/mol. The van der Waals surface area contributed by atoms with E-state index in [4.69, 9.17) is 19.8 Å². The molecule has 0 spiro atoms. The first-order valence-corrected chi connectivity index (χ1v) is 7.26. The lowest BCUT2D eigenvalue weighted by Crippen LogP contribution is -2.45. The van der Waals surface area contributed by atoms with Crippen LogP contribution in [0.15, 0.2) is 22.8 Å². The number of ether oxygens (including phenoxy) is 1. The van der Waals surface area contributed by atoms with Crippen LogP contribution in [-0.4, -0.2) is 36.0 Å². The Morgan fingerprint density at radius 3 is 2.54 bits per heavy atom. The van der Waals surface area contributed by atoms with E-state index in [9.17, 15) is 14.4 Å². The smallest absolute Gasteiger partial charge is 0.329 e. The van der Waals surface area contributed by atoms with Gasteiger partial charge in [-0.05, 0) is 25.0 Å². The molecule has 1 aromatic rings. The van der Waals surface area contributed by atoms with Crippen molar-refractivity contribution in [3.8, 4) is 6.07 Å². The lowest BCUT2D eigenvalue weighted by Gasteiger charge is -2.20. The fraction of sp³-hybridized carbons (Fsp3) is 0.438. The minimum atomic E-state index is -1.24. The standard InChI is InChI=1S/C16H19N3O5/c1-9(2)14(19-15(21)13-5-4-6-23-13)16(22)24-8-12(20)11(7-17)10(3)18/h4-6,9,11,14,18H,8H2,1-3H3,(H,19,21)/t11-,14-/m0/s1. The fourth-order valence-electron chi connectivity index (χ4n) is 1.84. The van der Waals surface area contributed by atoms with E-state index in [-0.39, 0.29) is 17.4 Å². The van der Waals surface area contributed by atoms with Crippen LogP contribution >= 0.6 is 0 Å². The van der Waals surface area contributed by atoms with Gasteiger partial charge in [-0.2, -0.15) is 5.26 Å². The summed E-state index contributed by atoms with van der Waals surface area (Å²) in [5.74, 6) is -3.53. The summed E-state index contributed by atoms with van der Waals surface area (Å²) < 4.78 is 9.85. The summed E-state index contributed by atoms with van der Waals surface area (Å²) in [6.07, 6.45) is 1.33. The molecule has 0 aliphatic heterocycles. The highest BCUT2D eigenvalue weighted by atomic mass is 16.5. The third-order valence-electron chi connectivity index (χ3n) is 3.19. The van der Waals surface area contributed by atoms with Gasteiger partial charge in [-0.3, -0.25) is 9.59 Å². The summed E-state index contributed by atoms with van der Waals surface area (Å²) in [6, 6.07) is 3.70. The molecule has 1 heterocycles. The number of esters is 1. The number of Topliss-reactive ketones (excluding diaryl/α,β-unsaturated/α-hetero) is 1. The van der Waals surface area contributed by atoms with Crippen LogP contribution in [0, 0.1) is 28.6 Å². The topological polar surface area (TPSA) is 133 Å². The van der Waals surface area contributed by atoms with Gasteiger partial charge in [-0.15, -0.1) is 0 Å². The first kappa shape index (κ1) is 19.1. The average Bonchev–Trinajstić information content (AvgIpc) is 3.04. The number of ketones is 1. The maximum absolute atomic E-state index is 12.1. The van der Waals surface area contributed by atoms with E-state index < -0.39 is 36.2 Å². The molecular weight excluding hydrogens is 314 g/mol. The summed E-state index contributed by atoms with van der Waals surface area (Å²) in [5.41, 5.74) is -0.120. The van der Waals surface area contributed by atoms with E-state index in [1.54, 1.807) is 19.9 Å². The van der Waals surface area contributed by atoms with Crippen molar-refractivity contribution in [2.24, 2.45) is 11.8 Å². The van der Waals surface area contributed by atoms with Gasteiger partial charge in [0.05, 0.1) is 12.3 Å². The summed E-state index contributed by atoms with van der Waals surface area (Å²) in [6.45, 7) is 4.10. The zero-order chi connectivity index (χ0) is 18.3. The van der Waals surface area contributed by atoms with Crippen molar-refractivity contribution in [3.63, 3.8) is 0 Å². The van der Waals surface area contributed by atoms with E-state index in [1.165, 1.54) is 25.3 Å². The minimum Gasteiger partial charge on any atom is -0.459 e. The van der Waals surface area contributed by atoms with Gasteiger partial charge in [0.1, 0.15) is 12.0 Å². The van der Waals surface area contributed by atoms with E-state index in [2.05, 4.69) is 5.32 Å². The zero-order valence-corrected chi connectivity index (χ0v) is 13.7. The third-order valence-corrected chi connectivity index (χ3v) is 3.19. The minimum absolute atomic E-state index is 0.0495. The SMILES string of the molecule is CC(=N)[C@H](C#N)C(=O)COC(=O)[C@@H](NC(=O)c1ccco1)C(C)C. The Bertz CT molecular complexity index is 658. The van der Waals surface area contributed by atoms with Crippen molar-refractivity contribution >= 4 is 23.4 Å². The molecule has 2 N–H and O–H groups in total. The summed E-state index contributed by atoms with van der Waals surface area (Å²) >= 11 is 0. The van der Waals surface area contributed by atoms with Crippen molar-refractivity contribution in [2.45, 2.75) is 26.8 Å². The molecule has 0 saturated heterocycles. The Kier molecular flexibility index (Phi) is 6.86. The van der Waals surface area contributed by atoms with Crippen LogP contribution in [0.2, 0.25) is 0 Å². The second-order valence-electron chi connectivity index (χ2n) is 5.49. The van der Waals surface area contributed by atoms with Crippen molar-refractivity contribution in [1.82, 2.24) is 5.32 Å². The van der Waals surface area contributed by atoms with Gasteiger partial charge in [0.25, 0.3) is 5.91 Å². The molecular formula is C16H19N3O5. The molecule has 8 heteroatoms. The van der Waals surface area contributed by atoms with Gasteiger partial charge in [0, 0.05) is 5.71 Å². The van der Waals surface area contributed by atoms with Crippen LogP contribution in [0.1, 0.15) is 31.3 Å². The molecule has 0 fully saturated rings. The molecule has 0 saturated carbocycles. The first-order valence-electron chi connectivity index (χ1n) is 7.26. The van der Waals surface area contributed by atoms with Gasteiger partial charge in [0.2, 0.25) is 0 Å². The lowest BCUT2D eigenvalue weighted by molar-refractivity contribution is -0.151. The van der Waals surface area contributed by atoms with Gasteiger partial charge in [-0.1, -0.05) is 13.8 Å². The Labute approximate surface area is 139 Å². The molecule has 1 amide bonds. The quantitative estimate of drug-likeness (QED) is 0.544. The number of nitrogens with one attached hydrogen (secondary N) is 2. The molecule has 8 nitrogen and oxygen atoms in total. The van der Waals surface area contributed by atoms with Crippen LogP contribution in [0.5, 0.6) is 0 Å². The summed E-state index contributed by atoms with van der Waals surface area (Å²) in [4.78, 5) is 35.9. The molecule has 128 valence electrons. The molecule has 1 rings (SSSR count). The molecule has 24 heavy (non-hydrogen) atoms. The number of hydrogen-bond donors (Lipinski definition) is 2. The lowest BCUT2D eigenvalue weighted by atomic mass is 10.0. The van der Waals surface area contributed by atoms with Crippen molar-refractivity contribution in [3.05, 3.63) is 24.2 Å². The van der Waals surface area contributed by atoms with E-state index in [1.807, 2.05) is 0 Å². The molecule has 0 unspecified atom stereocenters. The number of amides is 1. The maximum atomic E-state index is 12.1. The van der Waals surface area contributed by atoms with Crippen LogP contribution in [-0.2, 0) is 14.3 Å². The number of furan rings is 1. The number of rotatable bonds is 8. The maximum Gasteiger partial charge on any atom is 0.329 e. The van der Waals surface area contributed by atoms with Crippen molar-refractivity contribution in [1.29, 1.82) is 10.7 Å². The predicted octanol–water partition coefficient (Wildman–Crippen LogP) is 1.33. The van der Waals surface area contributed by atoms with E-state index in [0.29, 0.717) is 0 Å². The fourth-order valence-corrected chi connectivity index (χ4v) is 1.84. The van der Waals surface area contributed by atoms with Crippen LogP contribution in [0.3, 0.4) is 0 Å². The van der Waals surface area contributed by atoms with E-state index >= 15 is 0 Å². The summed E-state index contributed by atoms with van der Waals surface area (Å²) in [7, 11) is 0. The number of carbonyl (C=O) groups is 3. The molecule has 0 radical (unpaired) electrons. The Morgan fingerprint density at radius 2 is 2.08 bits per heavy atom. The Balaban J connectivity index is 2.67. The number of hydrogen-bond acceptors (Lipinski definition) is 7. The van der Waals surface area contributed by atoms with Crippen molar-refractivity contribution < 1.29 is 23.5 Å².